The Labute approximate surface area is 130 Å². The van der Waals surface area contributed by atoms with Crippen LogP contribution >= 0.6 is 15.9 Å². The van der Waals surface area contributed by atoms with Crippen LogP contribution in [0.5, 0.6) is 0 Å². The molecule has 2 N–H and O–H groups in total. The lowest BCUT2D eigenvalue weighted by Crippen LogP contribution is -2.46. The topological polar surface area (TPSA) is 49.3 Å². The van der Waals surface area contributed by atoms with Crippen LogP contribution in [0.2, 0.25) is 0 Å². The van der Waals surface area contributed by atoms with Crippen molar-refractivity contribution < 1.29 is 14.3 Å². The summed E-state index contributed by atoms with van der Waals surface area (Å²) in [5.74, 6) is -1.44. The van der Waals surface area contributed by atoms with Crippen LogP contribution < -0.4 is 5.32 Å². The Morgan fingerprint density at radius 1 is 1.29 bits per heavy atom. The molecule has 2 aromatic rings. The minimum absolute atomic E-state index is 0.244. The van der Waals surface area contributed by atoms with E-state index in [2.05, 4.69) is 21.2 Å². The predicted octanol–water partition coefficient (Wildman–Crippen LogP) is 3.68. The second-order valence-electron chi connectivity index (χ2n) is 4.90. The second kappa shape index (κ2) is 6.37. The monoisotopic (exact) mass is 351 g/mol. The Kier molecular flexibility index (Phi) is 4.75. The first kappa shape index (κ1) is 15.7. The van der Waals surface area contributed by atoms with Gasteiger partial charge in [-0.15, -0.1) is 0 Å². The third kappa shape index (κ3) is 3.49. The van der Waals surface area contributed by atoms with Crippen molar-refractivity contribution in [2.75, 3.05) is 0 Å². The molecule has 5 heteroatoms. The molecule has 0 heterocycles. The van der Waals surface area contributed by atoms with E-state index < -0.39 is 17.3 Å². The molecule has 0 aliphatic rings. The van der Waals surface area contributed by atoms with Gasteiger partial charge in [0, 0.05) is 6.54 Å². The van der Waals surface area contributed by atoms with Crippen molar-refractivity contribution in [1.29, 1.82) is 0 Å². The van der Waals surface area contributed by atoms with Gasteiger partial charge in [0.25, 0.3) is 0 Å². The summed E-state index contributed by atoms with van der Waals surface area (Å²) >= 11 is 3.09. The molecule has 0 amide bonds. The maximum Gasteiger partial charge on any atom is 0.328 e. The van der Waals surface area contributed by atoms with Crippen molar-refractivity contribution in [3.05, 3.63) is 69.9 Å². The van der Waals surface area contributed by atoms with Crippen molar-refractivity contribution in [1.82, 2.24) is 5.32 Å². The van der Waals surface area contributed by atoms with Gasteiger partial charge in [-0.1, -0.05) is 36.4 Å². The molecule has 0 bridgehead atoms. The quantitative estimate of drug-likeness (QED) is 0.863. The number of benzene rings is 2. The number of carbonyl (C=O) groups is 1. The molecule has 2 aromatic carbocycles. The fourth-order valence-corrected chi connectivity index (χ4v) is 2.36. The number of hydrogen-bond acceptors (Lipinski definition) is 2. The summed E-state index contributed by atoms with van der Waals surface area (Å²) in [6, 6.07) is 13.7. The van der Waals surface area contributed by atoms with Gasteiger partial charge in [0.05, 0.1) is 4.47 Å². The number of carboxylic acid groups (broad SMARTS) is 1. The number of rotatable bonds is 5. The predicted molar refractivity (Wildman–Crippen MR) is 82.4 cm³/mol. The Morgan fingerprint density at radius 2 is 1.95 bits per heavy atom. The molecule has 0 spiro atoms. The number of nitrogens with one attached hydrogen (secondary N) is 1. The van der Waals surface area contributed by atoms with E-state index >= 15 is 0 Å². The van der Waals surface area contributed by atoms with Gasteiger partial charge in [0.15, 0.2) is 0 Å². The van der Waals surface area contributed by atoms with E-state index in [0.717, 1.165) is 5.56 Å². The lowest BCUT2D eigenvalue weighted by Gasteiger charge is -2.27. The van der Waals surface area contributed by atoms with Crippen LogP contribution in [-0.4, -0.2) is 11.1 Å². The van der Waals surface area contributed by atoms with Crippen LogP contribution in [-0.2, 0) is 16.9 Å². The van der Waals surface area contributed by atoms with Crippen LogP contribution in [0, 0.1) is 5.82 Å². The summed E-state index contributed by atoms with van der Waals surface area (Å²) in [7, 11) is 0. The molecule has 1 unspecified atom stereocenters. The normalized spacial score (nSPS) is 13.7. The van der Waals surface area contributed by atoms with E-state index in [1.807, 2.05) is 30.3 Å². The van der Waals surface area contributed by atoms with Gasteiger partial charge in [-0.05, 0) is 46.1 Å². The van der Waals surface area contributed by atoms with Gasteiger partial charge >= 0.3 is 5.97 Å². The van der Waals surface area contributed by atoms with Crippen molar-refractivity contribution in [2.24, 2.45) is 0 Å². The zero-order chi connectivity index (χ0) is 15.5. The minimum atomic E-state index is -1.30. The molecule has 0 aliphatic carbocycles. The van der Waals surface area contributed by atoms with Gasteiger partial charge in [-0.2, -0.15) is 0 Å². The van der Waals surface area contributed by atoms with Crippen molar-refractivity contribution in [2.45, 2.75) is 19.0 Å². The molecule has 0 fully saturated rings. The number of hydrogen-bond donors (Lipinski definition) is 2. The fourth-order valence-electron chi connectivity index (χ4n) is 1.98. The Hall–Kier alpha value is -1.72. The highest BCUT2D eigenvalue weighted by atomic mass is 79.9. The first-order chi connectivity index (χ1) is 9.93. The third-order valence-electron chi connectivity index (χ3n) is 3.41. The molecule has 21 heavy (non-hydrogen) atoms. The standard InChI is InChI=1S/C16H15BrFNO2/c1-16(15(20)21,12-7-8-14(18)13(17)9-12)19-10-11-5-3-2-4-6-11/h2-9,19H,10H2,1H3,(H,20,21). The smallest absolute Gasteiger partial charge is 0.328 e. The van der Waals surface area contributed by atoms with Crippen LogP contribution in [0.4, 0.5) is 4.39 Å². The molecule has 2 rings (SSSR count). The van der Waals surface area contributed by atoms with Crippen molar-refractivity contribution in [3.8, 4) is 0 Å². The summed E-state index contributed by atoms with van der Waals surface area (Å²) in [5, 5.41) is 12.6. The average Bonchev–Trinajstić information content (AvgIpc) is 2.48. The van der Waals surface area contributed by atoms with E-state index in [-0.39, 0.29) is 4.47 Å². The highest BCUT2D eigenvalue weighted by Gasteiger charge is 2.35. The zero-order valence-electron chi connectivity index (χ0n) is 11.4. The van der Waals surface area contributed by atoms with E-state index in [4.69, 9.17) is 0 Å². The molecule has 0 saturated heterocycles. The Bertz CT molecular complexity index is 648. The highest BCUT2D eigenvalue weighted by Crippen LogP contribution is 2.26. The maximum absolute atomic E-state index is 13.3. The molecule has 0 saturated carbocycles. The third-order valence-corrected chi connectivity index (χ3v) is 4.02. The number of halogens is 2. The van der Waals surface area contributed by atoms with Gasteiger partial charge in [0.2, 0.25) is 0 Å². The van der Waals surface area contributed by atoms with Gasteiger partial charge < -0.3 is 5.11 Å². The van der Waals surface area contributed by atoms with Crippen LogP contribution in [0.1, 0.15) is 18.1 Å². The van der Waals surface area contributed by atoms with E-state index in [1.165, 1.54) is 18.2 Å². The zero-order valence-corrected chi connectivity index (χ0v) is 13.0. The SMILES string of the molecule is CC(NCc1ccccc1)(C(=O)O)c1ccc(F)c(Br)c1. The van der Waals surface area contributed by atoms with Crippen molar-refractivity contribution >= 4 is 21.9 Å². The van der Waals surface area contributed by atoms with Crippen LogP contribution in [0.15, 0.2) is 53.0 Å². The Balaban J connectivity index is 2.27. The minimum Gasteiger partial charge on any atom is -0.480 e. The van der Waals surface area contributed by atoms with Crippen molar-refractivity contribution in [3.63, 3.8) is 0 Å². The second-order valence-corrected chi connectivity index (χ2v) is 5.75. The molecule has 0 aromatic heterocycles. The van der Waals surface area contributed by atoms with Gasteiger partial charge in [-0.25, -0.2) is 9.18 Å². The summed E-state index contributed by atoms with van der Waals surface area (Å²) < 4.78 is 13.6. The number of carboxylic acids is 1. The maximum atomic E-state index is 13.3. The highest BCUT2D eigenvalue weighted by molar-refractivity contribution is 9.10. The van der Waals surface area contributed by atoms with E-state index in [0.29, 0.717) is 12.1 Å². The molecule has 110 valence electrons. The van der Waals surface area contributed by atoms with E-state index in [9.17, 15) is 14.3 Å². The first-order valence-electron chi connectivity index (χ1n) is 6.41. The van der Waals surface area contributed by atoms with Crippen LogP contribution in [0.25, 0.3) is 0 Å². The Morgan fingerprint density at radius 3 is 2.52 bits per heavy atom. The first-order valence-corrected chi connectivity index (χ1v) is 7.20. The van der Waals surface area contributed by atoms with E-state index in [1.54, 1.807) is 6.92 Å². The van der Waals surface area contributed by atoms with Gasteiger partial charge in [-0.3, -0.25) is 5.32 Å². The molecular formula is C16H15BrFNO2. The molecule has 0 radical (unpaired) electrons. The lowest BCUT2D eigenvalue weighted by atomic mass is 9.91. The fraction of sp³-hybridized carbons (Fsp3) is 0.188. The molecule has 1 atom stereocenters. The summed E-state index contributed by atoms with van der Waals surface area (Å²) in [5.41, 5.74) is 0.164. The lowest BCUT2D eigenvalue weighted by molar-refractivity contribution is -0.144. The number of aliphatic carboxylic acids is 1. The largest absolute Gasteiger partial charge is 0.480 e. The molecule has 3 nitrogen and oxygen atoms in total. The molecule has 0 aliphatic heterocycles. The molecular weight excluding hydrogens is 337 g/mol. The van der Waals surface area contributed by atoms with Gasteiger partial charge in [0.1, 0.15) is 11.4 Å². The summed E-state index contributed by atoms with van der Waals surface area (Å²) in [4.78, 5) is 11.7. The average molecular weight is 352 g/mol. The van der Waals surface area contributed by atoms with Crippen LogP contribution in [0.3, 0.4) is 0 Å². The summed E-state index contributed by atoms with van der Waals surface area (Å²) in [6.45, 7) is 1.97. The summed E-state index contributed by atoms with van der Waals surface area (Å²) in [6.07, 6.45) is 0.